The molecular weight excluding hydrogens is 512 g/mol. The molecule has 6 nitrogen and oxygen atoms in total. The van der Waals surface area contributed by atoms with Crippen LogP contribution in [0, 0.1) is 5.92 Å². The second-order valence-electron chi connectivity index (χ2n) is 7.20. The van der Waals surface area contributed by atoms with Gasteiger partial charge in [0.15, 0.2) is 5.96 Å². The lowest BCUT2D eigenvalue weighted by Gasteiger charge is -2.20. The molecule has 1 unspecified atom stereocenters. The summed E-state index contributed by atoms with van der Waals surface area (Å²) in [7, 11) is 0. The first-order valence-corrected chi connectivity index (χ1v) is 9.84. The molecule has 1 saturated heterocycles. The number of benzene rings is 1. The minimum absolute atomic E-state index is 0. The molecule has 2 N–H and O–H groups in total. The third-order valence-electron chi connectivity index (χ3n) is 4.47. The summed E-state index contributed by atoms with van der Waals surface area (Å²) in [6.07, 6.45) is -3.56. The number of carbonyl (C=O) groups is 1. The summed E-state index contributed by atoms with van der Waals surface area (Å²) < 4.78 is 43.6. The quantitative estimate of drug-likeness (QED) is 0.240. The molecule has 1 fully saturated rings. The fourth-order valence-corrected chi connectivity index (χ4v) is 3.04. The molecule has 1 atom stereocenters. The highest BCUT2D eigenvalue weighted by Gasteiger charge is 2.30. The number of alkyl halides is 3. The second kappa shape index (κ2) is 12.2. The number of rotatable bonds is 7. The number of nitrogens with zero attached hydrogens (tertiary/aromatic N) is 2. The smallest absolute Gasteiger partial charge is 0.416 e. The summed E-state index contributed by atoms with van der Waals surface area (Å²) in [5.41, 5.74) is -0.741. The topological polar surface area (TPSA) is 66.0 Å². The van der Waals surface area contributed by atoms with Crippen LogP contribution in [0.25, 0.3) is 0 Å². The van der Waals surface area contributed by atoms with E-state index in [1.54, 1.807) is 0 Å². The van der Waals surface area contributed by atoms with Crippen molar-refractivity contribution in [3.63, 3.8) is 0 Å². The van der Waals surface area contributed by atoms with E-state index in [1.807, 2.05) is 25.7 Å². The van der Waals surface area contributed by atoms with Gasteiger partial charge in [-0.25, -0.2) is 4.99 Å². The zero-order valence-corrected chi connectivity index (χ0v) is 19.8. The summed E-state index contributed by atoms with van der Waals surface area (Å²) in [6, 6.07) is 4.90. The number of aliphatic imine (C=N–C) groups is 1. The number of ether oxygens (including phenoxy) is 1. The number of nitrogens with one attached hydrogen (secondary N) is 2. The molecule has 1 aliphatic heterocycles. The average molecular weight is 542 g/mol. The van der Waals surface area contributed by atoms with Crippen LogP contribution in [0.2, 0.25) is 0 Å². The van der Waals surface area contributed by atoms with Gasteiger partial charge in [-0.2, -0.15) is 13.2 Å². The van der Waals surface area contributed by atoms with Crippen molar-refractivity contribution in [2.24, 2.45) is 10.9 Å². The Labute approximate surface area is 192 Å². The van der Waals surface area contributed by atoms with E-state index < -0.39 is 11.7 Å². The number of hydrogen-bond acceptors (Lipinski definition) is 3. The maximum absolute atomic E-state index is 12.7. The van der Waals surface area contributed by atoms with Crippen molar-refractivity contribution in [3.8, 4) is 5.75 Å². The second-order valence-corrected chi connectivity index (χ2v) is 7.20. The van der Waals surface area contributed by atoms with Gasteiger partial charge < -0.3 is 20.3 Å². The molecule has 2 rings (SSSR count). The molecule has 0 bridgehead atoms. The average Bonchev–Trinajstić information content (AvgIpc) is 3.12. The molecule has 1 aromatic rings. The third kappa shape index (κ3) is 8.19. The van der Waals surface area contributed by atoms with E-state index in [1.165, 1.54) is 12.1 Å². The van der Waals surface area contributed by atoms with Crippen LogP contribution < -0.4 is 15.4 Å². The third-order valence-corrected chi connectivity index (χ3v) is 4.47. The molecule has 1 aromatic carbocycles. The Kier molecular flexibility index (Phi) is 10.7. The van der Waals surface area contributed by atoms with Crippen molar-refractivity contribution >= 4 is 35.8 Å². The highest BCUT2D eigenvalue weighted by Crippen LogP contribution is 2.31. The van der Waals surface area contributed by atoms with Crippen LogP contribution in [0.1, 0.15) is 32.8 Å². The maximum Gasteiger partial charge on any atom is 0.416 e. The van der Waals surface area contributed by atoms with Crippen molar-refractivity contribution in [2.75, 3.05) is 32.8 Å². The van der Waals surface area contributed by atoms with Gasteiger partial charge >= 0.3 is 6.18 Å². The number of halogens is 4. The lowest BCUT2D eigenvalue weighted by Crippen LogP contribution is -2.45. The van der Waals surface area contributed by atoms with Crippen LogP contribution in [-0.4, -0.2) is 55.6 Å². The van der Waals surface area contributed by atoms with E-state index in [0.717, 1.165) is 18.6 Å². The van der Waals surface area contributed by atoms with Crippen LogP contribution in [-0.2, 0) is 11.0 Å². The van der Waals surface area contributed by atoms with Crippen LogP contribution in [0.15, 0.2) is 29.3 Å². The van der Waals surface area contributed by atoms with Gasteiger partial charge in [0.25, 0.3) is 0 Å². The standard InChI is InChI=1S/C20H29F3N4O2.HI/c1-4-24-19(26-16-8-10-27(13-16)18(28)14(2)3)25-9-11-29-17-7-5-6-15(12-17)20(21,22)23;/h5-7,12,14,16H,4,8-11,13H2,1-3H3,(H2,24,25,26);1H. The Bertz CT molecular complexity index is 714. The van der Waals surface area contributed by atoms with Crippen LogP contribution in [0.3, 0.4) is 0 Å². The fraction of sp³-hybridized carbons (Fsp3) is 0.600. The minimum atomic E-state index is -4.40. The van der Waals surface area contributed by atoms with E-state index in [9.17, 15) is 18.0 Å². The van der Waals surface area contributed by atoms with E-state index >= 15 is 0 Å². The van der Waals surface area contributed by atoms with E-state index in [2.05, 4.69) is 15.6 Å². The molecule has 170 valence electrons. The summed E-state index contributed by atoms with van der Waals surface area (Å²) >= 11 is 0. The zero-order chi connectivity index (χ0) is 21.4. The lowest BCUT2D eigenvalue weighted by atomic mass is 10.2. The van der Waals surface area contributed by atoms with Crippen molar-refractivity contribution in [3.05, 3.63) is 29.8 Å². The number of amides is 1. The Balaban J connectivity index is 0.00000450. The Morgan fingerprint density at radius 2 is 2.10 bits per heavy atom. The van der Waals surface area contributed by atoms with Crippen molar-refractivity contribution in [1.82, 2.24) is 15.5 Å². The lowest BCUT2D eigenvalue weighted by molar-refractivity contribution is -0.137. The van der Waals surface area contributed by atoms with Gasteiger partial charge in [0.2, 0.25) is 5.91 Å². The summed E-state index contributed by atoms with van der Waals surface area (Å²) in [6.45, 7) is 8.17. The first kappa shape index (κ1) is 26.3. The molecule has 0 spiro atoms. The molecular formula is C20H30F3IN4O2. The molecule has 0 aliphatic carbocycles. The molecule has 1 heterocycles. The van der Waals surface area contributed by atoms with Gasteiger partial charge in [-0.05, 0) is 31.5 Å². The first-order chi connectivity index (χ1) is 13.7. The van der Waals surface area contributed by atoms with Gasteiger partial charge in [0.05, 0.1) is 12.1 Å². The number of likely N-dealkylation sites (tertiary alicyclic amines) is 1. The molecule has 0 saturated carbocycles. The van der Waals surface area contributed by atoms with Gasteiger partial charge in [-0.1, -0.05) is 19.9 Å². The molecule has 30 heavy (non-hydrogen) atoms. The predicted molar refractivity (Wildman–Crippen MR) is 121 cm³/mol. The predicted octanol–water partition coefficient (Wildman–Crippen LogP) is 3.51. The van der Waals surface area contributed by atoms with Gasteiger partial charge in [0, 0.05) is 31.6 Å². The van der Waals surface area contributed by atoms with Crippen LogP contribution in [0.4, 0.5) is 13.2 Å². The number of carbonyl (C=O) groups excluding carboxylic acids is 1. The number of hydrogen-bond donors (Lipinski definition) is 2. The fourth-order valence-electron chi connectivity index (χ4n) is 3.04. The summed E-state index contributed by atoms with van der Waals surface area (Å²) in [5, 5.41) is 6.44. The van der Waals surface area contributed by atoms with E-state index in [-0.39, 0.29) is 60.7 Å². The van der Waals surface area contributed by atoms with Gasteiger partial charge in [-0.3, -0.25) is 4.79 Å². The van der Waals surface area contributed by atoms with Gasteiger partial charge in [-0.15, -0.1) is 24.0 Å². The minimum Gasteiger partial charge on any atom is -0.492 e. The SMILES string of the molecule is CCNC(=NCCOc1cccc(C(F)(F)F)c1)NC1CCN(C(=O)C(C)C)C1.I. The van der Waals surface area contributed by atoms with Crippen molar-refractivity contribution in [1.29, 1.82) is 0 Å². The van der Waals surface area contributed by atoms with Gasteiger partial charge in [0.1, 0.15) is 12.4 Å². The van der Waals surface area contributed by atoms with E-state index in [4.69, 9.17) is 4.74 Å². The van der Waals surface area contributed by atoms with Crippen LogP contribution >= 0.6 is 24.0 Å². The van der Waals surface area contributed by atoms with Crippen molar-refractivity contribution in [2.45, 2.75) is 39.4 Å². The first-order valence-electron chi connectivity index (χ1n) is 9.84. The van der Waals surface area contributed by atoms with Crippen LogP contribution in [0.5, 0.6) is 5.75 Å². The molecule has 0 radical (unpaired) electrons. The monoisotopic (exact) mass is 542 g/mol. The van der Waals surface area contributed by atoms with E-state index in [0.29, 0.717) is 25.6 Å². The highest BCUT2D eigenvalue weighted by molar-refractivity contribution is 14.0. The molecule has 1 amide bonds. The summed E-state index contributed by atoms with van der Waals surface area (Å²) in [4.78, 5) is 18.4. The Morgan fingerprint density at radius 1 is 1.37 bits per heavy atom. The molecule has 0 aromatic heterocycles. The maximum atomic E-state index is 12.7. The number of guanidine groups is 1. The highest BCUT2D eigenvalue weighted by atomic mass is 127. The summed E-state index contributed by atoms with van der Waals surface area (Å²) in [5.74, 6) is 0.880. The normalized spacial score (nSPS) is 17.0. The zero-order valence-electron chi connectivity index (χ0n) is 17.5. The molecule has 10 heteroatoms. The Hall–Kier alpha value is -1.72. The Morgan fingerprint density at radius 3 is 2.73 bits per heavy atom. The van der Waals surface area contributed by atoms with Crippen molar-refractivity contribution < 1.29 is 22.7 Å². The largest absolute Gasteiger partial charge is 0.492 e. The molecule has 1 aliphatic rings.